The van der Waals surface area contributed by atoms with Crippen molar-refractivity contribution in [3.05, 3.63) is 52.5 Å². The number of thiazole rings is 1. The van der Waals surface area contributed by atoms with Crippen LogP contribution in [0.25, 0.3) is 0 Å². The third kappa shape index (κ3) is 4.63. The van der Waals surface area contributed by atoms with Crippen LogP contribution < -0.4 is 0 Å². The average Bonchev–Trinajstić information content (AvgIpc) is 3.17. The molecule has 0 bridgehead atoms. The van der Waals surface area contributed by atoms with Crippen LogP contribution in [-0.2, 0) is 17.7 Å². The fourth-order valence-electron chi connectivity index (χ4n) is 2.79. The third-order valence-corrected chi connectivity index (χ3v) is 4.54. The van der Waals surface area contributed by atoms with Crippen LogP contribution in [0.2, 0.25) is 0 Å². The Morgan fingerprint density at radius 2 is 2.19 bits per heavy atom. The van der Waals surface area contributed by atoms with Gasteiger partial charge in [0.25, 0.3) is 0 Å². The topological polar surface area (TPSA) is 25.4 Å². The first kappa shape index (κ1) is 14.7. The molecule has 0 spiro atoms. The van der Waals surface area contributed by atoms with Crippen molar-refractivity contribution in [2.24, 2.45) is 0 Å². The van der Waals surface area contributed by atoms with E-state index in [-0.39, 0.29) is 0 Å². The highest BCUT2D eigenvalue weighted by Crippen LogP contribution is 2.16. The first-order chi connectivity index (χ1) is 10.4. The average molecular weight is 302 g/mol. The molecule has 2 aromatic rings. The van der Waals surface area contributed by atoms with Crippen LogP contribution in [0.3, 0.4) is 0 Å². The summed E-state index contributed by atoms with van der Waals surface area (Å²) >= 11 is 1.67. The molecule has 3 nitrogen and oxygen atoms in total. The van der Waals surface area contributed by atoms with Gasteiger partial charge < -0.3 is 4.74 Å². The molecule has 21 heavy (non-hydrogen) atoms. The second kappa shape index (κ2) is 7.69. The molecule has 4 heteroatoms. The lowest BCUT2D eigenvalue weighted by atomic mass is 10.1. The van der Waals surface area contributed by atoms with Crippen molar-refractivity contribution >= 4 is 11.3 Å². The van der Waals surface area contributed by atoms with Gasteiger partial charge in [-0.15, -0.1) is 11.3 Å². The van der Waals surface area contributed by atoms with Gasteiger partial charge in [-0.05, 0) is 24.8 Å². The van der Waals surface area contributed by atoms with Crippen LogP contribution in [0.15, 0.2) is 41.2 Å². The van der Waals surface area contributed by atoms with Gasteiger partial charge in [0.2, 0.25) is 0 Å². The van der Waals surface area contributed by atoms with Crippen molar-refractivity contribution in [1.29, 1.82) is 0 Å². The van der Waals surface area contributed by atoms with Crippen molar-refractivity contribution in [3.63, 3.8) is 0 Å². The van der Waals surface area contributed by atoms with Gasteiger partial charge in [0, 0.05) is 31.6 Å². The van der Waals surface area contributed by atoms with E-state index in [2.05, 4.69) is 45.6 Å². The molecule has 0 saturated carbocycles. The lowest BCUT2D eigenvalue weighted by Crippen LogP contribution is -2.23. The number of benzene rings is 1. The Labute approximate surface area is 130 Å². The Morgan fingerprint density at radius 3 is 3.00 bits per heavy atom. The highest BCUT2D eigenvalue weighted by molar-refractivity contribution is 7.07. The van der Waals surface area contributed by atoms with E-state index in [1.54, 1.807) is 11.3 Å². The Balaban J connectivity index is 1.32. The number of nitrogens with zero attached hydrogens (tertiary/aromatic N) is 2. The summed E-state index contributed by atoms with van der Waals surface area (Å²) in [6.45, 7) is 4.00. The first-order valence-electron chi connectivity index (χ1n) is 7.65. The van der Waals surface area contributed by atoms with Gasteiger partial charge >= 0.3 is 0 Å². The van der Waals surface area contributed by atoms with Crippen molar-refractivity contribution in [2.75, 3.05) is 19.7 Å². The molecular formula is C17H22N2OS. The summed E-state index contributed by atoms with van der Waals surface area (Å²) in [6, 6.07) is 10.6. The lowest BCUT2D eigenvalue weighted by Gasteiger charge is -2.15. The molecule has 1 aromatic carbocycles. The van der Waals surface area contributed by atoms with E-state index in [4.69, 9.17) is 4.74 Å². The van der Waals surface area contributed by atoms with Crippen molar-refractivity contribution in [3.8, 4) is 0 Å². The summed E-state index contributed by atoms with van der Waals surface area (Å²) in [5, 5.41) is 2.13. The number of ether oxygens (including phenoxy) is 1. The van der Waals surface area contributed by atoms with E-state index < -0.39 is 0 Å². The van der Waals surface area contributed by atoms with Gasteiger partial charge in [-0.3, -0.25) is 4.90 Å². The molecule has 0 N–H and O–H groups in total. The van der Waals surface area contributed by atoms with E-state index >= 15 is 0 Å². The van der Waals surface area contributed by atoms with Gasteiger partial charge in [-0.25, -0.2) is 4.98 Å². The highest BCUT2D eigenvalue weighted by atomic mass is 32.1. The van der Waals surface area contributed by atoms with Gasteiger partial charge in [0.15, 0.2) is 0 Å². The van der Waals surface area contributed by atoms with Crippen molar-refractivity contribution < 1.29 is 4.74 Å². The molecule has 1 aliphatic heterocycles. The van der Waals surface area contributed by atoms with Crippen molar-refractivity contribution in [1.82, 2.24) is 9.88 Å². The molecule has 0 amide bonds. The maximum absolute atomic E-state index is 6.01. The lowest BCUT2D eigenvalue weighted by molar-refractivity contribution is 0.0570. The molecule has 1 aromatic heterocycles. The number of hydrogen-bond acceptors (Lipinski definition) is 4. The van der Waals surface area contributed by atoms with Gasteiger partial charge in [0.1, 0.15) is 0 Å². The van der Waals surface area contributed by atoms with E-state index in [0.29, 0.717) is 6.10 Å². The SMILES string of the molecule is c1ccc(CCCOC2CCN(Cc3cscn3)C2)cc1. The predicted molar refractivity (Wildman–Crippen MR) is 86.5 cm³/mol. The number of rotatable bonds is 7. The fraction of sp³-hybridized carbons (Fsp3) is 0.471. The van der Waals surface area contributed by atoms with Crippen LogP contribution >= 0.6 is 11.3 Å². The molecular weight excluding hydrogens is 280 g/mol. The maximum Gasteiger partial charge on any atom is 0.0795 e. The fourth-order valence-corrected chi connectivity index (χ4v) is 3.34. The Morgan fingerprint density at radius 1 is 1.29 bits per heavy atom. The van der Waals surface area contributed by atoms with Crippen LogP contribution in [-0.4, -0.2) is 35.7 Å². The third-order valence-electron chi connectivity index (χ3n) is 3.90. The zero-order valence-electron chi connectivity index (χ0n) is 12.3. The molecule has 1 fully saturated rings. The summed E-state index contributed by atoms with van der Waals surface area (Å²) in [5.41, 5.74) is 4.49. The van der Waals surface area contributed by atoms with Crippen LogP contribution in [0, 0.1) is 0 Å². The Bertz CT molecular complexity index is 515. The smallest absolute Gasteiger partial charge is 0.0795 e. The quantitative estimate of drug-likeness (QED) is 0.733. The van der Waals surface area contributed by atoms with Gasteiger partial charge in [-0.1, -0.05) is 30.3 Å². The van der Waals surface area contributed by atoms with Gasteiger partial charge in [0.05, 0.1) is 17.3 Å². The first-order valence-corrected chi connectivity index (χ1v) is 8.59. The molecule has 112 valence electrons. The monoisotopic (exact) mass is 302 g/mol. The number of aromatic nitrogens is 1. The summed E-state index contributed by atoms with van der Waals surface area (Å²) in [4.78, 5) is 6.79. The minimum Gasteiger partial charge on any atom is -0.377 e. The number of hydrogen-bond donors (Lipinski definition) is 0. The van der Waals surface area contributed by atoms with Crippen LogP contribution in [0.1, 0.15) is 24.1 Å². The zero-order chi connectivity index (χ0) is 14.3. The normalized spacial score (nSPS) is 19.1. The van der Waals surface area contributed by atoms with Crippen molar-refractivity contribution in [2.45, 2.75) is 31.9 Å². The highest BCUT2D eigenvalue weighted by Gasteiger charge is 2.23. The molecule has 0 radical (unpaired) electrons. The molecule has 3 rings (SSSR count). The number of likely N-dealkylation sites (tertiary alicyclic amines) is 1. The molecule has 1 saturated heterocycles. The van der Waals surface area contributed by atoms with Crippen LogP contribution in [0.4, 0.5) is 0 Å². The molecule has 1 atom stereocenters. The second-order valence-electron chi connectivity index (χ2n) is 5.59. The summed E-state index contributed by atoms with van der Waals surface area (Å²) in [5.74, 6) is 0. The largest absolute Gasteiger partial charge is 0.377 e. The maximum atomic E-state index is 6.01. The second-order valence-corrected chi connectivity index (χ2v) is 6.30. The Hall–Kier alpha value is -1.23. The summed E-state index contributed by atoms with van der Waals surface area (Å²) in [7, 11) is 0. The molecule has 0 aliphatic carbocycles. The van der Waals surface area contributed by atoms with E-state index in [1.165, 1.54) is 11.3 Å². The minimum absolute atomic E-state index is 0.402. The number of aryl methyl sites for hydroxylation is 1. The van der Waals surface area contributed by atoms with E-state index in [0.717, 1.165) is 45.5 Å². The summed E-state index contributed by atoms with van der Waals surface area (Å²) < 4.78 is 6.01. The predicted octanol–water partition coefficient (Wildman–Crippen LogP) is 3.37. The molecule has 2 heterocycles. The standard InChI is InChI=1S/C17H22N2OS/c1-2-5-15(6-3-1)7-4-10-20-17-8-9-19(12-17)11-16-13-21-14-18-16/h1-3,5-6,13-14,17H,4,7-12H2. The molecule has 1 aliphatic rings. The van der Waals surface area contributed by atoms with Crippen LogP contribution in [0.5, 0.6) is 0 Å². The Kier molecular flexibility index (Phi) is 5.38. The summed E-state index contributed by atoms with van der Waals surface area (Å²) in [6.07, 6.45) is 3.76. The van der Waals surface area contributed by atoms with E-state index in [1.807, 2.05) is 5.51 Å². The molecule has 1 unspecified atom stereocenters. The zero-order valence-corrected chi connectivity index (χ0v) is 13.1. The minimum atomic E-state index is 0.402. The van der Waals surface area contributed by atoms with E-state index in [9.17, 15) is 0 Å². The van der Waals surface area contributed by atoms with Gasteiger partial charge in [-0.2, -0.15) is 0 Å².